The van der Waals surface area contributed by atoms with Gasteiger partial charge in [-0.05, 0) is 56.3 Å². The highest BCUT2D eigenvalue weighted by molar-refractivity contribution is 4.98. The Bertz CT molecular complexity index is 284. The lowest BCUT2D eigenvalue weighted by molar-refractivity contribution is 0.155. The second-order valence-corrected chi connectivity index (χ2v) is 5.43. The molecule has 0 N–H and O–H groups in total. The Morgan fingerprint density at radius 2 is 2.12 bits per heavy atom. The Balaban J connectivity index is 1.73. The van der Waals surface area contributed by atoms with E-state index < -0.39 is 0 Å². The molecule has 0 aromatic carbocycles. The van der Waals surface area contributed by atoms with Crippen LogP contribution in [0.1, 0.15) is 38.9 Å². The van der Waals surface area contributed by atoms with Crippen LogP contribution >= 0.6 is 0 Å². The molecule has 90 valence electrons. The maximum absolute atomic E-state index is 5.39. The van der Waals surface area contributed by atoms with Crippen molar-refractivity contribution in [2.24, 2.45) is 11.8 Å². The van der Waals surface area contributed by atoms with Gasteiger partial charge in [-0.3, -0.25) is 4.90 Å². The topological polar surface area (TPSA) is 16.4 Å². The lowest BCUT2D eigenvalue weighted by Crippen LogP contribution is -2.33. The molecule has 0 aliphatic carbocycles. The predicted molar refractivity (Wildman–Crippen MR) is 66.2 cm³/mol. The standard InChI is InChI=1S/C14H23NO/c1-12(2)10-13-5-7-15(8-6-13)11-14-4-3-9-16-14/h3-4,9,12-13H,5-8,10-11H2,1-2H3. The highest BCUT2D eigenvalue weighted by Crippen LogP contribution is 2.24. The summed E-state index contributed by atoms with van der Waals surface area (Å²) in [4.78, 5) is 2.51. The minimum absolute atomic E-state index is 0.849. The average Bonchev–Trinajstić information content (AvgIpc) is 2.73. The van der Waals surface area contributed by atoms with Crippen molar-refractivity contribution in [2.75, 3.05) is 13.1 Å². The average molecular weight is 221 g/mol. The lowest BCUT2D eigenvalue weighted by Gasteiger charge is -2.32. The summed E-state index contributed by atoms with van der Waals surface area (Å²) >= 11 is 0. The van der Waals surface area contributed by atoms with Crippen molar-refractivity contribution in [1.82, 2.24) is 4.90 Å². The number of likely N-dealkylation sites (tertiary alicyclic amines) is 1. The van der Waals surface area contributed by atoms with E-state index in [4.69, 9.17) is 4.42 Å². The van der Waals surface area contributed by atoms with Gasteiger partial charge >= 0.3 is 0 Å². The number of rotatable bonds is 4. The SMILES string of the molecule is CC(C)CC1CCN(Cc2ccco2)CC1. The molecular weight excluding hydrogens is 198 g/mol. The molecule has 0 radical (unpaired) electrons. The molecule has 1 fully saturated rings. The molecule has 0 unspecified atom stereocenters. The van der Waals surface area contributed by atoms with E-state index in [0.717, 1.165) is 24.1 Å². The van der Waals surface area contributed by atoms with Gasteiger partial charge in [-0.25, -0.2) is 0 Å². The fourth-order valence-corrected chi connectivity index (χ4v) is 2.67. The van der Waals surface area contributed by atoms with Gasteiger partial charge in [0.15, 0.2) is 0 Å². The lowest BCUT2D eigenvalue weighted by atomic mass is 9.88. The minimum atomic E-state index is 0.849. The molecule has 0 amide bonds. The van der Waals surface area contributed by atoms with Crippen LogP contribution < -0.4 is 0 Å². The van der Waals surface area contributed by atoms with Crippen LogP contribution in [0.2, 0.25) is 0 Å². The number of furan rings is 1. The normalized spacial score (nSPS) is 19.4. The highest BCUT2D eigenvalue weighted by atomic mass is 16.3. The molecule has 1 aliphatic heterocycles. The molecule has 1 aromatic heterocycles. The van der Waals surface area contributed by atoms with Crippen LogP contribution in [0, 0.1) is 11.8 Å². The molecule has 2 heterocycles. The molecule has 0 spiro atoms. The summed E-state index contributed by atoms with van der Waals surface area (Å²) in [5.41, 5.74) is 0. The van der Waals surface area contributed by atoms with E-state index in [1.807, 2.05) is 6.07 Å². The summed E-state index contributed by atoms with van der Waals surface area (Å²) < 4.78 is 5.39. The van der Waals surface area contributed by atoms with E-state index in [1.54, 1.807) is 6.26 Å². The van der Waals surface area contributed by atoms with Gasteiger partial charge in [0.2, 0.25) is 0 Å². The zero-order valence-electron chi connectivity index (χ0n) is 10.5. The monoisotopic (exact) mass is 221 g/mol. The summed E-state index contributed by atoms with van der Waals surface area (Å²) in [7, 11) is 0. The first-order valence-corrected chi connectivity index (χ1v) is 6.49. The van der Waals surface area contributed by atoms with Crippen LogP contribution in [0.25, 0.3) is 0 Å². The predicted octanol–water partition coefficient (Wildman–Crippen LogP) is 3.54. The first-order chi connectivity index (χ1) is 7.74. The number of nitrogens with zero attached hydrogens (tertiary/aromatic N) is 1. The van der Waals surface area contributed by atoms with Crippen molar-refractivity contribution < 1.29 is 4.42 Å². The molecule has 1 aliphatic rings. The van der Waals surface area contributed by atoms with E-state index in [9.17, 15) is 0 Å². The fraction of sp³-hybridized carbons (Fsp3) is 0.714. The van der Waals surface area contributed by atoms with Gasteiger partial charge in [-0.15, -0.1) is 0 Å². The summed E-state index contributed by atoms with van der Waals surface area (Å²) in [6.45, 7) is 8.11. The third-order valence-corrected chi connectivity index (χ3v) is 3.47. The molecular formula is C14H23NO. The van der Waals surface area contributed by atoms with Gasteiger partial charge in [0.05, 0.1) is 12.8 Å². The summed E-state index contributed by atoms with van der Waals surface area (Å²) in [6.07, 6.45) is 5.88. The molecule has 2 rings (SSSR count). The summed E-state index contributed by atoms with van der Waals surface area (Å²) in [6, 6.07) is 4.04. The van der Waals surface area contributed by atoms with Crippen molar-refractivity contribution in [3.63, 3.8) is 0 Å². The van der Waals surface area contributed by atoms with Gasteiger partial charge in [0.1, 0.15) is 5.76 Å². The van der Waals surface area contributed by atoms with Crippen molar-refractivity contribution in [1.29, 1.82) is 0 Å². The Morgan fingerprint density at radius 3 is 2.69 bits per heavy atom. The van der Waals surface area contributed by atoms with Crippen molar-refractivity contribution in [3.8, 4) is 0 Å². The van der Waals surface area contributed by atoms with Gasteiger partial charge in [0, 0.05) is 0 Å². The molecule has 1 saturated heterocycles. The third kappa shape index (κ3) is 3.38. The van der Waals surface area contributed by atoms with E-state index in [-0.39, 0.29) is 0 Å². The van der Waals surface area contributed by atoms with Crippen LogP contribution in [0.15, 0.2) is 22.8 Å². The first-order valence-electron chi connectivity index (χ1n) is 6.49. The van der Waals surface area contributed by atoms with Crippen molar-refractivity contribution in [2.45, 2.75) is 39.7 Å². The molecule has 1 aromatic rings. The zero-order valence-corrected chi connectivity index (χ0v) is 10.5. The van der Waals surface area contributed by atoms with E-state index >= 15 is 0 Å². The van der Waals surface area contributed by atoms with Crippen LogP contribution in [-0.2, 0) is 6.54 Å². The Kier molecular flexibility index (Phi) is 4.05. The molecule has 0 bridgehead atoms. The van der Waals surface area contributed by atoms with Gasteiger partial charge in [-0.1, -0.05) is 13.8 Å². The third-order valence-electron chi connectivity index (χ3n) is 3.47. The Morgan fingerprint density at radius 1 is 1.38 bits per heavy atom. The maximum Gasteiger partial charge on any atom is 0.117 e. The molecule has 0 atom stereocenters. The van der Waals surface area contributed by atoms with Crippen LogP contribution in [0.4, 0.5) is 0 Å². The highest BCUT2D eigenvalue weighted by Gasteiger charge is 2.20. The largest absolute Gasteiger partial charge is 0.468 e. The second-order valence-electron chi connectivity index (χ2n) is 5.43. The first kappa shape index (κ1) is 11.7. The molecule has 0 saturated carbocycles. The smallest absolute Gasteiger partial charge is 0.117 e. The maximum atomic E-state index is 5.39. The Labute approximate surface area is 98.6 Å². The summed E-state index contributed by atoms with van der Waals surface area (Å²) in [5.74, 6) is 2.90. The van der Waals surface area contributed by atoms with Crippen molar-refractivity contribution >= 4 is 0 Å². The van der Waals surface area contributed by atoms with E-state index in [1.165, 1.54) is 32.4 Å². The van der Waals surface area contributed by atoms with Crippen LogP contribution in [-0.4, -0.2) is 18.0 Å². The Hall–Kier alpha value is -0.760. The number of hydrogen-bond acceptors (Lipinski definition) is 2. The van der Waals surface area contributed by atoms with Crippen LogP contribution in [0.5, 0.6) is 0 Å². The number of hydrogen-bond donors (Lipinski definition) is 0. The van der Waals surface area contributed by atoms with E-state index in [0.29, 0.717) is 0 Å². The molecule has 2 heteroatoms. The summed E-state index contributed by atoms with van der Waals surface area (Å²) in [5, 5.41) is 0. The van der Waals surface area contributed by atoms with Crippen LogP contribution in [0.3, 0.4) is 0 Å². The fourth-order valence-electron chi connectivity index (χ4n) is 2.67. The number of piperidine rings is 1. The second kappa shape index (κ2) is 5.53. The minimum Gasteiger partial charge on any atom is -0.468 e. The van der Waals surface area contributed by atoms with Gasteiger partial charge < -0.3 is 4.42 Å². The molecule has 16 heavy (non-hydrogen) atoms. The quantitative estimate of drug-likeness (QED) is 0.773. The zero-order chi connectivity index (χ0) is 11.4. The van der Waals surface area contributed by atoms with Gasteiger partial charge in [-0.2, -0.15) is 0 Å². The van der Waals surface area contributed by atoms with Crippen molar-refractivity contribution in [3.05, 3.63) is 24.2 Å². The van der Waals surface area contributed by atoms with E-state index in [2.05, 4.69) is 24.8 Å². The van der Waals surface area contributed by atoms with Gasteiger partial charge in [0.25, 0.3) is 0 Å². The molecule has 2 nitrogen and oxygen atoms in total.